The summed E-state index contributed by atoms with van der Waals surface area (Å²) < 4.78 is 0. The van der Waals surface area contributed by atoms with Gasteiger partial charge in [-0.05, 0) is 30.0 Å². The maximum Gasteiger partial charge on any atom is 0.116 e. The molecular formula is C20H23ClSi. The molecule has 2 heteroatoms. The zero-order valence-electron chi connectivity index (χ0n) is 13.4. The van der Waals surface area contributed by atoms with Gasteiger partial charge in [0.2, 0.25) is 0 Å². The van der Waals surface area contributed by atoms with Gasteiger partial charge in [0.05, 0.1) is 0 Å². The van der Waals surface area contributed by atoms with Crippen LogP contribution in [0.2, 0.25) is 13.1 Å². The summed E-state index contributed by atoms with van der Waals surface area (Å²) in [6, 6.07) is 21.5. The number of allylic oxidation sites excluding steroid dienone is 1. The third-order valence-electron chi connectivity index (χ3n) is 4.21. The van der Waals surface area contributed by atoms with Crippen molar-refractivity contribution < 1.29 is 0 Å². The first-order valence-electron chi connectivity index (χ1n) is 7.79. The minimum absolute atomic E-state index is 1.06. The lowest BCUT2D eigenvalue weighted by atomic mass is 10.1. The van der Waals surface area contributed by atoms with E-state index in [0.29, 0.717) is 0 Å². The van der Waals surface area contributed by atoms with Crippen molar-refractivity contribution in [2.24, 2.45) is 0 Å². The molecule has 2 aromatic rings. The van der Waals surface area contributed by atoms with Gasteiger partial charge in [0.1, 0.15) is 8.07 Å². The second-order valence-corrected chi connectivity index (χ2v) is 10.7. The summed E-state index contributed by atoms with van der Waals surface area (Å²) in [5, 5.41) is 2.83. The molecule has 0 fully saturated rings. The SMILES string of the molecule is C[Si](C)(C(=C=CCl)CCCc1ccccc1)c1ccccc1. The molecule has 0 aliphatic rings. The Labute approximate surface area is 140 Å². The molecule has 0 saturated carbocycles. The average molecular weight is 327 g/mol. The van der Waals surface area contributed by atoms with Gasteiger partial charge in [-0.2, -0.15) is 0 Å². The second kappa shape index (κ2) is 8.19. The van der Waals surface area contributed by atoms with Gasteiger partial charge >= 0.3 is 0 Å². The molecule has 2 aromatic carbocycles. The van der Waals surface area contributed by atoms with E-state index in [0.717, 1.165) is 19.3 Å². The smallest absolute Gasteiger partial charge is 0.113 e. The van der Waals surface area contributed by atoms with Gasteiger partial charge in [-0.3, -0.25) is 0 Å². The van der Waals surface area contributed by atoms with Gasteiger partial charge in [-0.25, -0.2) is 0 Å². The molecule has 0 bridgehead atoms. The molecule has 0 saturated heterocycles. The van der Waals surface area contributed by atoms with Crippen molar-refractivity contribution in [2.45, 2.75) is 32.4 Å². The lowest BCUT2D eigenvalue weighted by Gasteiger charge is -2.25. The van der Waals surface area contributed by atoms with Crippen LogP contribution in [-0.2, 0) is 6.42 Å². The van der Waals surface area contributed by atoms with Crippen molar-refractivity contribution in [1.82, 2.24) is 0 Å². The van der Waals surface area contributed by atoms with Crippen LogP contribution < -0.4 is 5.19 Å². The van der Waals surface area contributed by atoms with Crippen LogP contribution in [0.1, 0.15) is 18.4 Å². The fraction of sp³-hybridized carbons (Fsp3) is 0.250. The van der Waals surface area contributed by atoms with E-state index in [2.05, 4.69) is 79.5 Å². The van der Waals surface area contributed by atoms with Crippen molar-refractivity contribution in [3.63, 3.8) is 0 Å². The van der Waals surface area contributed by atoms with E-state index in [-0.39, 0.29) is 0 Å². The van der Waals surface area contributed by atoms with E-state index in [1.165, 1.54) is 15.9 Å². The van der Waals surface area contributed by atoms with Crippen molar-refractivity contribution in [2.75, 3.05) is 0 Å². The fourth-order valence-corrected chi connectivity index (χ4v) is 5.61. The van der Waals surface area contributed by atoms with Crippen molar-refractivity contribution >= 4 is 24.9 Å². The molecule has 0 radical (unpaired) electrons. The number of hydrogen-bond donors (Lipinski definition) is 0. The maximum absolute atomic E-state index is 5.85. The maximum atomic E-state index is 5.85. The predicted molar refractivity (Wildman–Crippen MR) is 100 cm³/mol. The average Bonchev–Trinajstić information content (AvgIpc) is 2.56. The lowest BCUT2D eigenvalue weighted by Crippen LogP contribution is -2.43. The Balaban J connectivity index is 2.09. The summed E-state index contributed by atoms with van der Waals surface area (Å²) in [5.41, 5.74) is 6.28. The van der Waals surface area contributed by atoms with Gasteiger partial charge in [0, 0.05) is 5.54 Å². The fourth-order valence-electron chi connectivity index (χ4n) is 2.77. The van der Waals surface area contributed by atoms with Gasteiger partial charge < -0.3 is 0 Å². The summed E-state index contributed by atoms with van der Waals surface area (Å²) in [4.78, 5) is 0. The van der Waals surface area contributed by atoms with Crippen LogP contribution in [-0.4, -0.2) is 8.07 Å². The van der Waals surface area contributed by atoms with Crippen molar-refractivity contribution in [3.8, 4) is 0 Å². The molecule has 0 N–H and O–H groups in total. The highest BCUT2D eigenvalue weighted by Crippen LogP contribution is 2.20. The standard InChI is InChI=1S/C20H23ClSi/c1-22(2,19-13-7-4-8-14-19)20(16-17-21)15-9-12-18-10-5-3-6-11-18/h3-8,10-11,13-14,17H,9,12,15H2,1-2H3. The summed E-state index contributed by atoms with van der Waals surface area (Å²) >= 11 is 5.85. The molecular weight excluding hydrogens is 304 g/mol. The van der Waals surface area contributed by atoms with Crippen LogP contribution in [0.4, 0.5) is 0 Å². The highest BCUT2D eigenvalue weighted by Gasteiger charge is 2.27. The van der Waals surface area contributed by atoms with Crippen LogP contribution in [0, 0.1) is 0 Å². The third kappa shape index (κ3) is 4.48. The Morgan fingerprint density at radius 1 is 1.00 bits per heavy atom. The number of rotatable bonds is 6. The molecule has 22 heavy (non-hydrogen) atoms. The molecule has 0 heterocycles. The van der Waals surface area contributed by atoms with Gasteiger partial charge in [0.15, 0.2) is 0 Å². The second-order valence-electron chi connectivity index (χ2n) is 6.06. The third-order valence-corrected chi connectivity index (χ3v) is 8.00. The van der Waals surface area contributed by atoms with E-state index in [9.17, 15) is 0 Å². The van der Waals surface area contributed by atoms with E-state index in [1.807, 2.05) is 0 Å². The van der Waals surface area contributed by atoms with Crippen molar-refractivity contribution in [3.05, 3.63) is 82.7 Å². The van der Waals surface area contributed by atoms with E-state index >= 15 is 0 Å². The lowest BCUT2D eigenvalue weighted by molar-refractivity contribution is 0.831. The summed E-state index contributed by atoms with van der Waals surface area (Å²) in [7, 11) is -1.68. The van der Waals surface area contributed by atoms with Crippen LogP contribution >= 0.6 is 11.6 Å². The molecule has 0 nitrogen and oxygen atoms in total. The molecule has 0 atom stereocenters. The minimum Gasteiger partial charge on any atom is -0.113 e. The first kappa shape index (κ1) is 16.8. The monoisotopic (exact) mass is 326 g/mol. The molecule has 0 amide bonds. The van der Waals surface area contributed by atoms with Gasteiger partial charge in [-0.1, -0.05) is 90.5 Å². The van der Waals surface area contributed by atoms with E-state index in [1.54, 1.807) is 5.54 Å². The summed E-state index contributed by atoms with van der Waals surface area (Å²) in [6.45, 7) is 4.77. The van der Waals surface area contributed by atoms with Gasteiger partial charge in [0.25, 0.3) is 0 Å². The number of halogens is 1. The molecule has 114 valence electrons. The number of aryl methyl sites for hydroxylation is 1. The Kier molecular flexibility index (Phi) is 6.27. The Morgan fingerprint density at radius 2 is 1.59 bits per heavy atom. The first-order valence-corrected chi connectivity index (χ1v) is 11.2. The summed E-state index contributed by atoms with van der Waals surface area (Å²) in [6.07, 6.45) is 3.31. The van der Waals surface area contributed by atoms with Crippen LogP contribution in [0.25, 0.3) is 0 Å². The summed E-state index contributed by atoms with van der Waals surface area (Å²) in [5.74, 6) is 0. The Morgan fingerprint density at radius 3 is 2.18 bits per heavy atom. The van der Waals surface area contributed by atoms with Crippen molar-refractivity contribution in [1.29, 1.82) is 0 Å². The highest BCUT2D eigenvalue weighted by atomic mass is 35.5. The van der Waals surface area contributed by atoms with Crippen LogP contribution in [0.5, 0.6) is 0 Å². The number of hydrogen-bond acceptors (Lipinski definition) is 0. The number of benzene rings is 2. The normalized spacial score (nSPS) is 10.9. The minimum atomic E-state index is -1.68. The quantitative estimate of drug-likeness (QED) is 0.489. The van der Waals surface area contributed by atoms with E-state index in [4.69, 9.17) is 11.6 Å². The molecule has 0 aromatic heterocycles. The Hall–Kier alpha value is -1.53. The molecule has 2 rings (SSSR count). The molecule has 0 aliphatic carbocycles. The first-order chi connectivity index (χ1) is 10.6. The zero-order chi connectivity index (χ0) is 15.8. The largest absolute Gasteiger partial charge is 0.116 e. The molecule has 0 aliphatic heterocycles. The molecule has 0 unspecified atom stereocenters. The zero-order valence-corrected chi connectivity index (χ0v) is 15.1. The van der Waals surface area contributed by atoms with Crippen LogP contribution in [0.3, 0.4) is 0 Å². The Bertz CT molecular complexity index is 638. The predicted octanol–water partition coefficient (Wildman–Crippen LogP) is 5.44. The topological polar surface area (TPSA) is 0 Å². The van der Waals surface area contributed by atoms with E-state index < -0.39 is 8.07 Å². The van der Waals surface area contributed by atoms with Crippen LogP contribution in [0.15, 0.2) is 77.1 Å². The van der Waals surface area contributed by atoms with Gasteiger partial charge in [-0.15, -0.1) is 5.73 Å². The molecule has 0 spiro atoms. The highest BCUT2D eigenvalue weighted by molar-refractivity contribution is 6.95.